The molecule has 3 heterocycles. The summed E-state index contributed by atoms with van der Waals surface area (Å²) >= 11 is 5.78. The molecular weight excluding hydrogens is 288 g/mol. The van der Waals surface area contributed by atoms with E-state index in [9.17, 15) is 4.79 Å². The predicted molar refractivity (Wildman–Crippen MR) is 81.1 cm³/mol. The highest BCUT2D eigenvalue weighted by Gasteiger charge is 2.45. The zero-order chi connectivity index (χ0) is 14.4. The van der Waals surface area contributed by atoms with Gasteiger partial charge in [0.05, 0.1) is 5.56 Å². The third kappa shape index (κ3) is 2.44. The number of pyridine rings is 1. The Morgan fingerprint density at radius 1 is 1.33 bits per heavy atom. The Kier molecular flexibility index (Phi) is 3.19. The fourth-order valence-corrected chi connectivity index (χ4v) is 3.68. The minimum Gasteiger partial charge on any atom is -0.381 e. The molecule has 0 radical (unpaired) electrons. The van der Waals surface area contributed by atoms with Crippen LogP contribution in [0, 0.1) is 5.41 Å². The lowest BCUT2D eigenvalue weighted by Crippen LogP contribution is -2.59. The average Bonchev–Trinajstić information content (AvgIpc) is 3.29. The molecule has 3 fully saturated rings. The van der Waals surface area contributed by atoms with Gasteiger partial charge in [0, 0.05) is 37.9 Å². The Hall–Kier alpha value is -1.13. The van der Waals surface area contributed by atoms with Gasteiger partial charge in [-0.25, -0.2) is 4.98 Å². The van der Waals surface area contributed by atoms with Gasteiger partial charge in [-0.3, -0.25) is 4.79 Å². The summed E-state index contributed by atoms with van der Waals surface area (Å²) in [6.07, 6.45) is 6.53. The van der Waals surface area contributed by atoms with E-state index < -0.39 is 5.24 Å². The number of hydrogen-bond acceptors (Lipinski definition) is 4. The second kappa shape index (κ2) is 4.96. The first-order chi connectivity index (χ1) is 10.2. The molecule has 2 aliphatic heterocycles. The Balaban J connectivity index is 1.56. The van der Waals surface area contributed by atoms with Crippen molar-refractivity contribution in [3.8, 4) is 0 Å². The molecule has 4 rings (SSSR count). The van der Waals surface area contributed by atoms with Gasteiger partial charge in [0.1, 0.15) is 5.82 Å². The lowest BCUT2D eigenvalue weighted by Gasteiger charge is -2.53. The zero-order valence-corrected chi connectivity index (χ0v) is 12.7. The van der Waals surface area contributed by atoms with Crippen molar-refractivity contribution in [2.24, 2.45) is 5.41 Å². The van der Waals surface area contributed by atoms with Crippen LogP contribution in [0.4, 0.5) is 5.82 Å². The van der Waals surface area contributed by atoms with Crippen LogP contribution in [-0.2, 0) is 4.74 Å². The minimum absolute atomic E-state index is 0.363. The molecular formula is C16H19ClN2O2. The van der Waals surface area contributed by atoms with Crippen molar-refractivity contribution in [1.29, 1.82) is 0 Å². The molecule has 1 aromatic rings. The van der Waals surface area contributed by atoms with Crippen molar-refractivity contribution >= 4 is 22.7 Å². The number of carbonyl (C=O) groups excluding carboxylic acids is 1. The SMILES string of the molecule is O=C(Cl)c1cc(C2CC2)cnc1N1CC2(CCOCC2)C1. The summed E-state index contributed by atoms with van der Waals surface area (Å²) < 4.78 is 5.44. The smallest absolute Gasteiger partial charge is 0.256 e. The highest BCUT2D eigenvalue weighted by atomic mass is 35.5. The van der Waals surface area contributed by atoms with Gasteiger partial charge in [-0.05, 0) is 54.8 Å². The Morgan fingerprint density at radius 2 is 2.05 bits per heavy atom. The molecule has 0 N–H and O–H groups in total. The van der Waals surface area contributed by atoms with Gasteiger partial charge in [-0.2, -0.15) is 0 Å². The van der Waals surface area contributed by atoms with Crippen molar-refractivity contribution < 1.29 is 9.53 Å². The minimum atomic E-state index is -0.395. The summed E-state index contributed by atoms with van der Waals surface area (Å²) in [6, 6.07) is 1.95. The van der Waals surface area contributed by atoms with E-state index in [0.717, 1.165) is 50.5 Å². The molecule has 1 aromatic heterocycles. The number of rotatable bonds is 3. The highest BCUT2D eigenvalue weighted by Crippen LogP contribution is 2.44. The van der Waals surface area contributed by atoms with Crippen LogP contribution in [0.5, 0.6) is 0 Å². The largest absolute Gasteiger partial charge is 0.381 e. The fraction of sp³-hybridized carbons (Fsp3) is 0.625. The molecule has 112 valence electrons. The van der Waals surface area contributed by atoms with Gasteiger partial charge in [0.25, 0.3) is 5.24 Å². The molecule has 4 nitrogen and oxygen atoms in total. The van der Waals surface area contributed by atoms with Crippen LogP contribution in [-0.4, -0.2) is 36.5 Å². The van der Waals surface area contributed by atoms with E-state index in [4.69, 9.17) is 16.3 Å². The van der Waals surface area contributed by atoms with Crippen molar-refractivity contribution in [3.05, 3.63) is 23.4 Å². The topological polar surface area (TPSA) is 42.4 Å². The zero-order valence-electron chi connectivity index (χ0n) is 12.0. The summed E-state index contributed by atoms with van der Waals surface area (Å²) in [5.41, 5.74) is 2.09. The molecule has 0 amide bonds. The second-order valence-electron chi connectivity index (χ2n) is 6.66. The van der Waals surface area contributed by atoms with Gasteiger partial charge >= 0.3 is 0 Å². The van der Waals surface area contributed by atoms with Crippen LogP contribution >= 0.6 is 11.6 Å². The summed E-state index contributed by atoms with van der Waals surface area (Å²) in [5.74, 6) is 1.34. The monoisotopic (exact) mass is 306 g/mol. The standard InChI is InChI=1S/C16H19ClN2O2/c17-14(20)13-7-12(11-1-2-11)8-18-15(13)19-9-16(10-19)3-5-21-6-4-16/h7-8,11H,1-6,9-10H2. The van der Waals surface area contributed by atoms with Crippen molar-refractivity contribution in [2.75, 3.05) is 31.2 Å². The molecule has 3 aliphatic rings. The lowest BCUT2D eigenvalue weighted by atomic mass is 9.73. The molecule has 1 spiro atoms. The molecule has 0 aromatic carbocycles. The summed E-state index contributed by atoms with van der Waals surface area (Å²) in [7, 11) is 0. The van der Waals surface area contributed by atoms with Crippen LogP contribution in [0.1, 0.15) is 47.5 Å². The quantitative estimate of drug-likeness (QED) is 0.805. The average molecular weight is 307 g/mol. The lowest BCUT2D eigenvalue weighted by molar-refractivity contribution is -0.000501. The predicted octanol–water partition coefficient (Wildman–Crippen LogP) is 2.95. The number of aromatic nitrogens is 1. The van der Waals surface area contributed by atoms with Gasteiger partial charge in [-0.1, -0.05) is 0 Å². The maximum absolute atomic E-state index is 11.8. The molecule has 21 heavy (non-hydrogen) atoms. The third-order valence-corrected chi connectivity index (χ3v) is 5.26. The van der Waals surface area contributed by atoms with E-state index in [0.29, 0.717) is 16.9 Å². The number of hydrogen-bond donors (Lipinski definition) is 0. The van der Waals surface area contributed by atoms with Crippen LogP contribution < -0.4 is 4.90 Å². The number of carbonyl (C=O) groups is 1. The summed E-state index contributed by atoms with van der Waals surface area (Å²) in [6.45, 7) is 3.62. The van der Waals surface area contributed by atoms with E-state index in [1.807, 2.05) is 12.3 Å². The fourth-order valence-electron chi connectivity index (χ4n) is 3.54. The highest BCUT2D eigenvalue weighted by molar-refractivity contribution is 6.68. The van der Waals surface area contributed by atoms with Gasteiger partial charge in [0.2, 0.25) is 0 Å². The van der Waals surface area contributed by atoms with Gasteiger partial charge < -0.3 is 9.64 Å². The van der Waals surface area contributed by atoms with E-state index in [1.165, 1.54) is 12.8 Å². The third-order valence-electron chi connectivity index (χ3n) is 5.05. The molecule has 0 unspecified atom stereocenters. The Morgan fingerprint density at radius 3 is 2.67 bits per heavy atom. The van der Waals surface area contributed by atoms with Crippen molar-refractivity contribution in [3.63, 3.8) is 0 Å². The van der Waals surface area contributed by atoms with Crippen LogP contribution in [0.2, 0.25) is 0 Å². The van der Waals surface area contributed by atoms with Gasteiger partial charge in [-0.15, -0.1) is 0 Å². The second-order valence-corrected chi connectivity index (χ2v) is 7.00. The van der Waals surface area contributed by atoms with E-state index in [-0.39, 0.29) is 0 Å². The maximum Gasteiger partial charge on any atom is 0.256 e. The summed E-state index contributed by atoms with van der Waals surface area (Å²) in [5, 5.41) is -0.395. The Bertz CT molecular complexity index is 572. The van der Waals surface area contributed by atoms with E-state index in [2.05, 4.69) is 9.88 Å². The summed E-state index contributed by atoms with van der Waals surface area (Å²) in [4.78, 5) is 18.5. The van der Waals surface area contributed by atoms with Crippen LogP contribution in [0.15, 0.2) is 12.3 Å². The number of nitrogens with zero attached hydrogens (tertiary/aromatic N) is 2. The molecule has 1 saturated carbocycles. The van der Waals surface area contributed by atoms with E-state index in [1.54, 1.807) is 0 Å². The van der Waals surface area contributed by atoms with Crippen molar-refractivity contribution in [1.82, 2.24) is 4.98 Å². The molecule has 0 atom stereocenters. The van der Waals surface area contributed by atoms with Crippen LogP contribution in [0.3, 0.4) is 0 Å². The first-order valence-electron chi connectivity index (χ1n) is 7.69. The first-order valence-corrected chi connectivity index (χ1v) is 8.07. The first kappa shape index (κ1) is 13.5. The number of anilines is 1. The van der Waals surface area contributed by atoms with Crippen molar-refractivity contribution in [2.45, 2.75) is 31.6 Å². The number of halogens is 1. The van der Waals surface area contributed by atoms with Crippen LogP contribution in [0.25, 0.3) is 0 Å². The molecule has 2 saturated heterocycles. The maximum atomic E-state index is 11.8. The van der Waals surface area contributed by atoms with E-state index >= 15 is 0 Å². The number of ether oxygens (including phenoxy) is 1. The normalized spacial score (nSPS) is 24.0. The van der Waals surface area contributed by atoms with Gasteiger partial charge in [0.15, 0.2) is 0 Å². The molecule has 0 bridgehead atoms. The Labute approximate surface area is 129 Å². The molecule has 1 aliphatic carbocycles. The molecule has 5 heteroatoms.